The zero-order valence-electron chi connectivity index (χ0n) is 9.35. The minimum absolute atomic E-state index is 0.212. The molecule has 0 aromatic carbocycles. The average Bonchev–Trinajstić information content (AvgIpc) is 2.12. The normalized spacial score (nSPS) is 13.6. The Morgan fingerprint density at radius 3 is 2.31 bits per heavy atom. The van der Waals surface area contributed by atoms with E-state index in [0.29, 0.717) is 6.54 Å². The molecule has 0 N–H and O–H groups in total. The summed E-state index contributed by atoms with van der Waals surface area (Å²) in [4.78, 5) is 2.19. The van der Waals surface area contributed by atoms with E-state index in [9.17, 15) is 4.39 Å². The third kappa shape index (κ3) is 7.00. The molecule has 0 rings (SSSR count). The van der Waals surface area contributed by atoms with E-state index in [1.54, 1.807) is 0 Å². The molecule has 0 radical (unpaired) electrons. The average molecular weight is 189 g/mol. The lowest BCUT2D eigenvalue weighted by atomic mass is 10.0. The van der Waals surface area contributed by atoms with Crippen LogP contribution in [0.25, 0.3) is 0 Å². The lowest BCUT2D eigenvalue weighted by Crippen LogP contribution is -2.27. The minimum atomic E-state index is -0.212. The maximum absolute atomic E-state index is 12.1. The van der Waals surface area contributed by atoms with Crippen molar-refractivity contribution in [2.75, 3.05) is 26.3 Å². The van der Waals surface area contributed by atoms with Gasteiger partial charge in [-0.25, -0.2) is 4.39 Å². The molecule has 1 atom stereocenters. The fourth-order valence-corrected chi connectivity index (χ4v) is 1.59. The van der Waals surface area contributed by atoms with Crippen LogP contribution in [-0.2, 0) is 0 Å². The molecule has 0 aliphatic carbocycles. The highest BCUT2D eigenvalue weighted by Crippen LogP contribution is 2.10. The molecule has 0 aliphatic rings. The van der Waals surface area contributed by atoms with Gasteiger partial charge in [-0.05, 0) is 25.4 Å². The number of nitrogens with zero attached hydrogens (tertiary/aromatic N) is 1. The zero-order valence-corrected chi connectivity index (χ0v) is 9.35. The number of hydrogen-bond donors (Lipinski definition) is 0. The predicted octanol–water partition coefficient (Wildman–Crippen LogP) is 3.10. The molecule has 2 heteroatoms. The van der Waals surface area contributed by atoms with Crippen LogP contribution in [0.4, 0.5) is 4.39 Å². The number of alkyl halides is 1. The standard InChI is InChI=1S/C11H24FN/c1-4-6-11(3)7-9-13(5-2)10-8-12/h11H,4-10H2,1-3H3. The van der Waals surface area contributed by atoms with E-state index < -0.39 is 0 Å². The van der Waals surface area contributed by atoms with Gasteiger partial charge in [0.05, 0.1) is 0 Å². The molecule has 1 unspecified atom stereocenters. The summed E-state index contributed by atoms with van der Waals surface area (Å²) in [6.07, 6.45) is 3.77. The van der Waals surface area contributed by atoms with Gasteiger partial charge in [0, 0.05) is 6.54 Å². The Morgan fingerprint density at radius 2 is 1.85 bits per heavy atom. The van der Waals surface area contributed by atoms with Crippen molar-refractivity contribution in [2.45, 2.75) is 40.0 Å². The molecule has 0 bridgehead atoms. The first-order valence-corrected chi connectivity index (χ1v) is 5.52. The van der Waals surface area contributed by atoms with Crippen LogP contribution in [0.5, 0.6) is 0 Å². The first kappa shape index (κ1) is 12.9. The molecule has 0 aromatic heterocycles. The van der Waals surface area contributed by atoms with Crippen LogP contribution in [0.2, 0.25) is 0 Å². The van der Waals surface area contributed by atoms with Crippen LogP contribution >= 0.6 is 0 Å². The highest BCUT2D eigenvalue weighted by molar-refractivity contribution is 4.59. The van der Waals surface area contributed by atoms with Crippen molar-refractivity contribution in [3.63, 3.8) is 0 Å². The van der Waals surface area contributed by atoms with E-state index in [0.717, 1.165) is 19.0 Å². The van der Waals surface area contributed by atoms with Crippen LogP contribution in [-0.4, -0.2) is 31.2 Å². The third-order valence-electron chi connectivity index (χ3n) is 2.57. The molecule has 0 spiro atoms. The predicted molar refractivity (Wildman–Crippen MR) is 56.8 cm³/mol. The van der Waals surface area contributed by atoms with Gasteiger partial charge in [0.1, 0.15) is 6.67 Å². The lowest BCUT2D eigenvalue weighted by Gasteiger charge is -2.20. The Bertz CT molecular complexity index is 106. The summed E-state index contributed by atoms with van der Waals surface area (Å²) in [7, 11) is 0. The minimum Gasteiger partial charge on any atom is -0.301 e. The molecule has 13 heavy (non-hydrogen) atoms. The van der Waals surface area contributed by atoms with Crippen LogP contribution in [0.1, 0.15) is 40.0 Å². The molecule has 0 heterocycles. The van der Waals surface area contributed by atoms with Crippen molar-refractivity contribution in [1.29, 1.82) is 0 Å². The molecule has 0 aliphatic heterocycles. The maximum atomic E-state index is 12.1. The van der Waals surface area contributed by atoms with Gasteiger partial charge in [-0.3, -0.25) is 0 Å². The molecular weight excluding hydrogens is 165 g/mol. The Balaban J connectivity index is 3.46. The van der Waals surface area contributed by atoms with Gasteiger partial charge >= 0.3 is 0 Å². The summed E-state index contributed by atoms with van der Waals surface area (Å²) in [6, 6.07) is 0. The van der Waals surface area contributed by atoms with E-state index >= 15 is 0 Å². The Labute approximate surface area is 82.3 Å². The van der Waals surface area contributed by atoms with Crippen molar-refractivity contribution in [3.8, 4) is 0 Å². The molecule has 0 aromatic rings. The molecule has 0 saturated heterocycles. The van der Waals surface area contributed by atoms with Crippen molar-refractivity contribution in [2.24, 2.45) is 5.92 Å². The SMILES string of the molecule is CCCC(C)CCN(CC)CCF. The summed E-state index contributed by atoms with van der Waals surface area (Å²) in [5, 5.41) is 0. The van der Waals surface area contributed by atoms with E-state index in [4.69, 9.17) is 0 Å². The fraction of sp³-hybridized carbons (Fsp3) is 1.00. The molecular formula is C11H24FN. The lowest BCUT2D eigenvalue weighted by molar-refractivity contribution is 0.241. The maximum Gasteiger partial charge on any atom is 0.102 e. The summed E-state index contributed by atoms with van der Waals surface area (Å²) in [5.74, 6) is 0.790. The van der Waals surface area contributed by atoms with Gasteiger partial charge in [-0.15, -0.1) is 0 Å². The smallest absolute Gasteiger partial charge is 0.102 e. The van der Waals surface area contributed by atoms with Crippen molar-refractivity contribution in [3.05, 3.63) is 0 Å². The molecule has 0 saturated carbocycles. The topological polar surface area (TPSA) is 3.24 Å². The van der Waals surface area contributed by atoms with Gasteiger partial charge in [0.2, 0.25) is 0 Å². The Morgan fingerprint density at radius 1 is 1.15 bits per heavy atom. The molecule has 1 nitrogen and oxygen atoms in total. The highest BCUT2D eigenvalue weighted by Gasteiger charge is 2.05. The van der Waals surface area contributed by atoms with Crippen LogP contribution in [0.15, 0.2) is 0 Å². The Kier molecular flexibility index (Phi) is 8.41. The van der Waals surface area contributed by atoms with Gasteiger partial charge in [-0.2, -0.15) is 0 Å². The summed E-state index contributed by atoms with van der Waals surface area (Å²) in [5.41, 5.74) is 0. The third-order valence-corrected chi connectivity index (χ3v) is 2.57. The molecule has 0 amide bonds. The van der Waals surface area contributed by atoms with Crippen LogP contribution in [0.3, 0.4) is 0 Å². The first-order chi connectivity index (χ1) is 6.24. The van der Waals surface area contributed by atoms with Gasteiger partial charge < -0.3 is 4.90 Å². The van der Waals surface area contributed by atoms with Crippen molar-refractivity contribution in [1.82, 2.24) is 4.90 Å². The summed E-state index contributed by atoms with van der Waals surface area (Å²) < 4.78 is 12.1. The number of halogens is 1. The highest BCUT2D eigenvalue weighted by atomic mass is 19.1. The zero-order chi connectivity index (χ0) is 10.1. The van der Waals surface area contributed by atoms with Crippen LogP contribution in [0, 0.1) is 5.92 Å². The molecule has 80 valence electrons. The fourth-order valence-electron chi connectivity index (χ4n) is 1.59. The van der Waals surface area contributed by atoms with E-state index in [1.807, 2.05) is 0 Å². The van der Waals surface area contributed by atoms with Crippen molar-refractivity contribution < 1.29 is 4.39 Å². The van der Waals surface area contributed by atoms with E-state index in [1.165, 1.54) is 19.3 Å². The van der Waals surface area contributed by atoms with Gasteiger partial charge in [0.25, 0.3) is 0 Å². The largest absolute Gasteiger partial charge is 0.301 e. The monoisotopic (exact) mass is 189 g/mol. The number of rotatable bonds is 8. The van der Waals surface area contributed by atoms with E-state index in [2.05, 4.69) is 25.7 Å². The van der Waals surface area contributed by atoms with Gasteiger partial charge in [-0.1, -0.05) is 33.6 Å². The summed E-state index contributed by atoms with van der Waals surface area (Å²) >= 11 is 0. The van der Waals surface area contributed by atoms with Crippen LogP contribution < -0.4 is 0 Å². The van der Waals surface area contributed by atoms with Gasteiger partial charge in [0.15, 0.2) is 0 Å². The number of hydrogen-bond acceptors (Lipinski definition) is 1. The summed E-state index contributed by atoms with van der Waals surface area (Å²) in [6.45, 7) is 9.03. The quantitative estimate of drug-likeness (QED) is 0.567. The van der Waals surface area contributed by atoms with E-state index in [-0.39, 0.29) is 6.67 Å². The Hall–Kier alpha value is -0.110. The molecule has 0 fully saturated rings. The second-order valence-electron chi connectivity index (χ2n) is 3.81. The second-order valence-corrected chi connectivity index (χ2v) is 3.81. The first-order valence-electron chi connectivity index (χ1n) is 5.52. The van der Waals surface area contributed by atoms with Crippen molar-refractivity contribution >= 4 is 0 Å². The second kappa shape index (κ2) is 8.49.